The van der Waals surface area contributed by atoms with E-state index in [2.05, 4.69) is 6.58 Å². The third kappa shape index (κ3) is 1.50. The van der Waals surface area contributed by atoms with E-state index in [-0.39, 0.29) is 0 Å². The maximum atomic E-state index is 5.42. The highest BCUT2D eigenvalue weighted by Gasteiger charge is 1.86. The highest BCUT2D eigenvalue weighted by atomic mass is 13.9. The number of hydrogen-bond donors (Lipinski definition) is 0. The van der Waals surface area contributed by atoms with Crippen LogP contribution in [0.3, 0.4) is 0 Å². The summed E-state index contributed by atoms with van der Waals surface area (Å²) in [5.74, 6) is 0. The van der Waals surface area contributed by atoms with Gasteiger partial charge in [0.05, 0.1) is 7.85 Å². The van der Waals surface area contributed by atoms with Crippen LogP contribution in [0.4, 0.5) is 0 Å². The standard InChI is InChI=1S/C9H9B/c1-2-8-3-5-9(7-10)6-4-8/h2-6H,1,7H2. The van der Waals surface area contributed by atoms with Crippen molar-refractivity contribution in [3.63, 3.8) is 0 Å². The van der Waals surface area contributed by atoms with Crippen molar-refractivity contribution in [1.29, 1.82) is 0 Å². The van der Waals surface area contributed by atoms with Crippen molar-refractivity contribution >= 4 is 13.9 Å². The molecule has 1 rings (SSSR count). The molecule has 1 aromatic rings. The fourth-order valence-corrected chi connectivity index (χ4v) is 0.790. The fraction of sp³-hybridized carbons (Fsp3) is 0.111. The van der Waals surface area contributed by atoms with Crippen LogP contribution >= 0.6 is 0 Å². The first-order chi connectivity index (χ1) is 4.86. The van der Waals surface area contributed by atoms with Crippen molar-refractivity contribution in [2.75, 3.05) is 0 Å². The number of rotatable bonds is 2. The predicted octanol–water partition coefficient (Wildman–Crippen LogP) is 2.00. The summed E-state index contributed by atoms with van der Waals surface area (Å²) in [5.41, 5.74) is 2.29. The maximum absolute atomic E-state index is 5.42. The summed E-state index contributed by atoms with van der Waals surface area (Å²) in [4.78, 5) is 0. The molecule has 1 aromatic carbocycles. The fourth-order valence-electron chi connectivity index (χ4n) is 0.790. The highest BCUT2D eigenvalue weighted by Crippen LogP contribution is 2.04. The molecule has 0 spiro atoms. The summed E-state index contributed by atoms with van der Waals surface area (Å²) in [6.07, 6.45) is 2.43. The zero-order valence-electron chi connectivity index (χ0n) is 5.88. The molecule has 0 amide bonds. The molecule has 0 heterocycles. The van der Waals surface area contributed by atoms with E-state index in [4.69, 9.17) is 7.85 Å². The van der Waals surface area contributed by atoms with Crippen LogP contribution in [-0.4, -0.2) is 7.85 Å². The minimum absolute atomic E-state index is 0.609. The first kappa shape index (κ1) is 7.14. The van der Waals surface area contributed by atoms with Crippen molar-refractivity contribution in [2.45, 2.75) is 6.32 Å². The summed E-state index contributed by atoms with van der Waals surface area (Å²) in [6.45, 7) is 3.66. The van der Waals surface area contributed by atoms with Crippen LogP contribution in [-0.2, 0) is 6.32 Å². The van der Waals surface area contributed by atoms with Gasteiger partial charge in [0, 0.05) is 0 Å². The van der Waals surface area contributed by atoms with Crippen LogP contribution in [0.15, 0.2) is 30.8 Å². The molecule has 0 N–H and O–H groups in total. The highest BCUT2D eigenvalue weighted by molar-refractivity contribution is 6.08. The minimum atomic E-state index is 0.609. The monoisotopic (exact) mass is 128 g/mol. The topological polar surface area (TPSA) is 0 Å². The van der Waals surface area contributed by atoms with Crippen LogP contribution in [0.5, 0.6) is 0 Å². The molecule has 48 valence electrons. The van der Waals surface area contributed by atoms with E-state index >= 15 is 0 Å². The SMILES string of the molecule is [B]Cc1ccc(C=C)cc1. The second-order valence-corrected chi connectivity index (χ2v) is 2.15. The van der Waals surface area contributed by atoms with Crippen molar-refractivity contribution < 1.29 is 0 Å². The van der Waals surface area contributed by atoms with E-state index in [1.807, 2.05) is 30.3 Å². The van der Waals surface area contributed by atoms with Crippen molar-refractivity contribution in [3.05, 3.63) is 42.0 Å². The van der Waals surface area contributed by atoms with Gasteiger partial charge >= 0.3 is 0 Å². The Morgan fingerprint density at radius 3 is 2.30 bits per heavy atom. The lowest BCUT2D eigenvalue weighted by Gasteiger charge is -1.95. The normalized spacial score (nSPS) is 9.20. The van der Waals surface area contributed by atoms with Crippen molar-refractivity contribution in [1.82, 2.24) is 0 Å². The molecule has 10 heavy (non-hydrogen) atoms. The van der Waals surface area contributed by atoms with Gasteiger partial charge in [0.1, 0.15) is 0 Å². The van der Waals surface area contributed by atoms with Gasteiger partial charge in [0.2, 0.25) is 0 Å². The molecular formula is C9H9B. The van der Waals surface area contributed by atoms with E-state index < -0.39 is 0 Å². The van der Waals surface area contributed by atoms with Crippen LogP contribution in [0, 0.1) is 0 Å². The Bertz CT molecular complexity index is 211. The smallest absolute Gasteiger partial charge is 0.0716 e. The van der Waals surface area contributed by atoms with E-state index in [0.717, 1.165) is 11.1 Å². The molecule has 0 bridgehead atoms. The Balaban J connectivity index is 2.90. The van der Waals surface area contributed by atoms with E-state index in [1.165, 1.54) is 0 Å². The molecule has 0 aromatic heterocycles. The van der Waals surface area contributed by atoms with Crippen LogP contribution < -0.4 is 0 Å². The zero-order valence-corrected chi connectivity index (χ0v) is 5.88. The minimum Gasteiger partial charge on any atom is -0.0985 e. The summed E-state index contributed by atoms with van der Waals surface area (Å²) in [5, 5.41) is 0. The van der Waals surface area contributed by atoms with Gasteiger partial charge in [-0.3, -0.25) is 0 Å². The van der Waals surface area contributed by atoms with Gasteiger partial charge in [-0.05, 0) is 5.56 Å². The first-order valence-electron chi connectivity index (χ1n) is 3.28. The van der Waals surface area contributed by atoms with Gasteiger partial charge in [-0.1, -0.05) is 48.8 Å². The molecule has 0 atom stereocenters. The van der Waals surface area contributed by atoms with Gasteiger partial charge in [-0.25, -0.2) is 0 Å². The summed E-state index contributed by atoms with van der Waals surface area (Å²) in [7, 11) is 5.42. The zero-order chi connectivity index (χ0) is 7.40. The van der Waals surface area contributed by atoms with Crippen LogP contribution in [0.2, 0.25) is 0 Å². The quantitative estimate of drug-likeness (QED) is 0.534. The largest absolute Gasteiger partial charge is 0.0985 e. The average molecular weight is 128 g/mol. The number of benzene rings is 1. The van der Waals surface area contributed by atoms with E-state index in [1.54, 1.807) is 0 Å². The van der Waals surface area contributed by atoms with E-state index in [0.29, 0.717) is 6.32 Å². The van der Waals surface area contributed by atoms with Gasteiger partial charge in [0.15, 0.2) is 0 Å². The molecule has 0 aliphatic rings. The molecule has 2 radical (unpaired) electrons. The summed E-state index contributed by atoms with van der Waals surface area (Å²) in [6, 6.07) is 8.04. The molecule has 0 unspecified atom stereocenters. The lowest BCUT2D eigenvalue weighted by molar-refractivity contribution is 1.40. The Kier molecular flexibility index (Phi) is 2.32. The third-order valence-corrected chi connectivity index (χ3v) is 1.45. The third-order valence-electron chi connectivity index (χ3n) is 1.45. The Hall–Kier alpha value is -0.975. The van der Waals surface area contributed by atoms with Crippen LogP contribution in [0.25, 0.3) is 6.08 Å². The average Bonchev–Trinajstić information content (AvgIpc) is 2.05. The van der Waals surface area contributed by atoms with E-state index in [9.17, 15) is 0 Å². The molecule has 0 nitrogen and oxygen atoms in total. The Morgan fingerprint density at radius 1 is 1.30 bits per heavy atom. The van der Waals surface area contributed by atoms with Gasteiger partial charge in [-0.2, -0.15) is 0 Å². The first-order valence-corrected chi connectivity index (χ1v) is 3.28. The predicted molar refractivity (Wildman–Crippen MR) is 46.0 cm³/mol. The van der Waals surface area contributed by atoms with Gasteiger partial charge < -0.3 is 0 Å². The molecule has 0 aliphatic heterocycles. The summed E-state index contributed by atoms with van der Waals surface area (Å²) < 4.78 is 0. The van der Waals surface area contributed by atoms with Gasteiger partial charge in [0.25, 0.3) is 0 Å². The second-order valence-electron chi connectivity index (χ2n) is 2.15. The molecule has 0 saturated heterocycles. The van der Waals surface area contributed by atoms with Crippen molar-refractivity contribution in [3.8, 4) is 0 Å². The maximum Gasteiger partial charge on any atom is 0.0716 e. The lowest BCUT2D eigenvalue weighted by atomic mass is 9.96. The molecule has 0 aliphatic carbocycles. The Labute approximate surface area is 63.0 Å². The Morgan fingerprint density at radius 2 is 1.90 bits per heavy atom. The molecule has 0 saturated carbocycles. The summed E-state index contributed by atoms with van der Waals surface area (Å²) >= 11 is 0. The van der Waals surface area contributed by atoms with Gasteiger partial charge in [-0.15, -0.1) is 0 Å². The van der Waals surface area contributed by atoms with Crippen LogP contribution in [0.1, 0.15) is 11.1 Å². The second kappa shape index (κ2) is 3.26. The molecule has 1 heteroatoms. The molecule has 0 fully saturated rings. The van der Waals surface area contributed by atoms with Crippen molar-refractivity contribution in [2.24, 2.45) is 0 Å². The molecular weight excluding hydrogens is 119 g/mol. The lowest BCUT2D eigenvalue weighted by Crippen LogP contribution is -1.81. The number of hydrogen-bond acceptors (Lipinski definition) is 0.